The smallest absolute Gasteiger partial charge is 0.223 e. The van der Waals surface area contributed by atoms with Crippen LogP contribution < -0.4 is 10.6 Å². The highest BCUT2D eigenvalue weighted by atomic mass is 127. The van der Waals surface area contributed by atoms with Crippen molar-refractivity contribution >= 4 is 29.9 Å². The van der Waals surface area contributed by atoms with E-state index >= 15 is 0 Å². The first-order chi connectivity index (χ1) is 10.3. The minimum atomic E-state index is 0. The molecular formula is C15H28IN5O. The average molecular weight is 421 g/mol. The fourth-order valence-electron chi connectivity index (χ4n) is 2.86. The molecule has 1 aliphatic carbocycles. The van der Waals surface area contributed by atoms with Crippen LogP contribution in [0.1, 0.15) is 56.7 Å². The van der Waals surface area contributed by atoms with Gasteiger partial charge in [0.05, 0.1) is 6.54 Å². The lowest BCUT2D eigenvalue weighted by Crippen LogP contribution is -2.37. The monoisotopic (exact) mass is 421 g/mol. The van der Waals surface area contributed by atoms with Crippen LogP contribution >= 0.6 is 24.0 Å². The molecule has 0 spiro atoms. The van der Waals surface area contributed by atoms with E-state index in [1.54, 1.807) is 14.0 Å². The van der Waals surface area contributed by atoms with Crippen LogP contribution in [-0.2, 0) is 6.54 Å². The van der Waals surface area contributed by atoms with E-state index in [-0.39, 0.29) is 24.0 Å². The molecule has 0 radical (unpaired) electrons. The maximum atomic E-state index is 4.93. The Morgan fingerprint density at radius 1 is 1.27 bits per heavy atom. The maximum absolute atomic E-state index is 4.93. The van der Waals surface area contributed by atoms with Crippen molar-refractivity contribution in [2.24, 2.45) is 10.9 Å². The van der Waals surface area contributed by atoms with Gasteiger partial charge in [-0.3, -0.25) is 4.99 Å². The summed E-state index contributed by atoms with van der Waals surface area (Å²) in [5.74, 6) is 3.01. The van der Waals surface area contributed by atoms with E-state index in [4.69, 9.17) is 4.52 Å². The molecule has 2 rings (SSSR count). The number of aryl methyl sites for hydroxylation is 1. The van der Waals surface area contributed by atoms with E-state index in [1.165, 1.54) is 44.9 Å². The zero-order valence-electron chi connectivity index (χ0n) is 13.6. The van der Waals surface area contributed by atoms with E-state index in [0.29, 0.717) is 18.3 Å². The van der Waals surface area contributed by atoms with Crippen molar-refractivity contribution in [2.45, 2.75) is 58.4 Å². The molecule has 1 heterocycles. The average Bonchev–Trinajstić information content (AvgIpc) is 3.13. The first kappa shape index (κ1) is 19.2. The zero-order chi connectivity index (χ0) is 14.9. The number of unbranched alkanes of at least 4 members (excludes halogenated alkanes) is 1. The SMILES string of the molecule is CN=C(NCCCCC1CCCC1)NCc1noc(C)n1.I. The molecule has 2 N–H and O–H groups in total. The predicted octanol–water partition coefficient (Wildman–Crippen LogP) is 3.02. The molecule has 1 saturated carbocycles. The van der Waals surface area contributed by atoms with Crippen molar-refractivity contribution in [3.63, 3.8) is 0 Å². The topological polar surface area (TPSA) is 75.3 Å². The van der Waals surface area contributed by atoms with E-state index in [0.717, 1.165) is 18.4 Å². The third-order valence-corrected chi connectivity index (χ3v) is 4.01. The van der Waals surface area contributed by atoms with Crippen LogP contribution in [0.5, 0.6) is 0 Å². The van der Waals surface area contributed by atoms with Crippen LogP contribution in [-0.4, -0.2) is 29.7 Å². The molecule has 0 amide bonds. The Kier molecular flexibility index (Phi) is 9.42. The second-order valence-corrected chi connectivity index (χ2v) is 5.73. The molecule has 126 valence electrons. The second-order valence-electron chi connectivity index (χ2n) is 5.73. The Hall–Kier alpha value is -0.860. The number of aliphatic imine (C=N–C) groups is 1. The second kappa shape index (κ2) is 10.8. The Morgan fingerprint density at radius 3 is 2.68 bits per heavy atom. The molecule has 1 aromatic rings. The van der Waals surface area contributed by atoms with Gasteiger partial charge >= 0.3 is 0 Å². The Labute approximate surface area is 149 Å². The van der Waals surface area contributed by atoms with Gasteiger partial charge in [-0.2, -0.15) is 4.98 Å². The third kappa shape index (κ3) is 6.93. The van der Waals surface area contributed by atoms with Gasteiger partial charge in [-0.25, -0.2) is 0 Å². The van der Waals surface area contributed by atoms with E-state index in [2.05, 4.69) is 25.8 Å². The molecule has 0 saturated heterocycles. The van der Waals surface area contributed by atoms with Crippen molar-refractivity contribution in [1.29, 1.82) is 0 Å². The molecule has 0 aliphatic heterocycles. The van der Waals surface area contributed by atoms with Gasteiger partial charge in [0, 0.05) is 20.5 Å². The number of rotatable bonds is 7. The molecule has 0 unspecified atom stereocenters. The molecule has 22 heavy (non-hydrogen) atoms. The summed E-state index contributed by atoms with van der Waals surface area (Å²) in [6.07, 6.45) is 9.65. The number of nitrogens with zero attached hydrogens (tertiary/aromatic N) is 3. The summed E-state index contributed by atoms with van der Waals surface area (Å²) in [4.78, 5) is 8.34. The molecular weight excluding hydrogens is 393 g/mol. The van der Waals surface area contributed by atoms with Crippen molar-refractivity contribution in [1.82, 2.24) is 20.8 Å². The van der Waals surface area contributed by atoms with Gasteiger partial charge in [0.25, 0.3) is 0 Å². The molecule has 6 nitrogen and oxygen atoms in total. The highest BCUT2D eigenvalue weighted by Crippen LogP contribution is 2.28. The summed E-state index contributed by atoms with van der Waals surface area (Å²) in [7, 11) is 1.77. The fraction of sp³-hybridized carbons (Fsp3) is 0.800. The van der Waals surface area contributed by atoms with Gasteiger partial charge in [-0.15, -0.1) is 24.0 Å². The Morgan fingerprint density at radius 2 is 2.05 bits per heavy atom. The number of nitrogens with one attached hydrogen (secondary N) is 2. The highest BCUT2D eigenvalue weighted by molar-refractivity contribution is 14.0. The minimum Gasteiger partial charge on any atom is -0.356 e. The van der Waals surface area contributed by atoms with Crippen LogP contribution in [0.15, 0.2) is 9.52 Å². The Bertz CT molecular complexity index is 443. The summed E-state index contributed by atoms with van der Waals surface area (Å²) in [6, 6.07) is 0. The van der Waals surface area contributed by atoms with Gasteiger partial charge in [0.1, 0.15) is 0 Å². The largest absolute Gasteiger partial charge is 0.356 e. The molecule has 7 heteroatoms. The van der Waals surface area contributed by atoms with Crippen LogP contribution in [0.2, 0.25) is 0 Å². The fourth-order valence-corrected chi connectivity index (χ4v) is 2.86. The summed E-state index contributed by atoms with van der Waals surface area (Å²) < 4.78 is 4.93. The molecule has 0 bridgehead atoms. The summed E-state index contributed by atoms with van der Waals surface area (Å²) in [5.41, 5.74) is 0. The van der Waals surface area contributed by atoms with Gasteiger partial charge in [-0.1, -0.05) is 43.7 Å². The first-order valence-electron chi connectivity index (χ1n) is 8.01. The molecule has 1 aromatic heterocycles. The van der Waals surface area contributed by atoms with Crippen molar-refractivity contribution in [3.05, 3.63) is 11.7 Å². The summed E-state index contributed by atoms with van der Waals surface area (Å²) in [5, 5.41) is 10.4. The minimum absolute atomic E-state index is 0. The van der Waals surface area contributed by atoms with E-state index < -0.39 is 0 Å². The lowest BCUT2D eigenvalue weighted by Gasteiger charge is -2.11. The third-order valence-electron chi connectivity index (χ3n) is 4.01. The number of guanidine groups is 1. The zero-order valence-corrected chi connectivity index (χ0v) is 15.9. The van der Waals surface area contributed by atoms with Crippen molar-refractivity contribution < 1.29 is 4.52 Å². The van der Waals surface area contributed by atoms with Crippen molar-refractivity contribution in [3.8, 4) is 0 Å². The molecule has 1 fully saturated rings. The van der Waals surface area contributed by atoms with Gasteiger partial charge in [0.2, 0.25) is 5.89 Å². The van der Waals surface area contributed by atoms with Crippen LogP contribution in [0.4, 0.5) is 0 Å². The van der Waals surface area contributed by atoms with Gasteiger partial charge in [0.15, 0.2) is 11.8 Å². The first-order valence-corrected chi connectivity index (χ1v) is 8.01. The quantitative estimate of drug-likeness (QED) is 0.307. The van der Waals surface area contributed by atoms with Crippen LogP contribution in [0.3, 0.4) is 0 Å². The normalized spacial score (nSPS) is 15.6. The van der Waals surface area contributed by atoms with Crippen molar-refractivity contribution in [2.75, 3.05) is 13.6 Å². The summed E-state index contributed by atoms with van der Waals surface area (Å²) >= 11 is 0. The van der Waals surface area contributed by atoms with Gasteiger partial charge < -0.3 is 15.2 Å². The summed E-state index contributed by atoms with van der Waals surface area (Å²) in [6.45, 7) is 3.27. The standard InChI is InChI=1S/C15H27N5O.HI/c1-12-19-14(20-21-12)11-18-15(16-2)17-10-6-5-9-13-7-3-4-8-13;/h13H,3-11H2,1-2H3,(H2,16,17,18);1H. The lowest BCUT2D eigenvalue weighted by molar-refractivity contribution is 0.386. The van der Waals surface area contributed by atoms with Crippen LogP contribution in [0, 0.1) is 12.8 Å². The number of hydrogen-bond acceptors (Lipinski definition) is 4. The van der Waals surface area contributed by atoms with E-state index in [1.807, 2.05) is 0 Å². The number of halogens is 1. The molecule has 0 aromatic carbocycles. The number of hydrogen-bond donors (Lipinski definition) is 2. The van der Waals surface area contributed by atoms with Crippen LogP contribution in [0.25, 0.3) is 0 Å². The Balaban J connectivity index is 0.00000242. The predicted molar refractivity (Wildman–Crippen MR) is 98.5 cm³/mol. The molecule has 1 aliphatic rings. The lowest BCUT2D eigenvalue weighted by atomic mass is 10.0. The number of aromatic nitrogens is 2. The van der Waals surface area contributed by atoms with E-state index in [9.17, 15) is 0 Å². The van der Waals surface area contributed by atoms with Gasteiger partial charge in [-0.05, 0) is 12.3 Å². The highest BCUT2D eigenvalue weighted by Gasteiger charge is 2.13. The maximum Gasteiger partial charge on any atom is 0.223 e. The molecule has 0 atom stereocenters.